The van der Waals surface area contributed by atoms with E-state index < -0.39 is 11.9 Å². The highest BCUT2D eigenvalue weighted by molar-refractivity contribution is 6.36. The van der Waals surface area contributed by atoms with Crippen LogP contribution in [0.2, 0.25) is 0 Å². The maximum Gasteiger partial charge on any atom is 0.394 e. The first-order valence-corrected chi connectivity index (χ1v) is 4.16. The van der Waals surface area contributed by atoms with Crippen LogP contribution in [0.4, 0.5) is 5.69 Å². The van der Waals surface area contributed by atoms with Crippen LogP contribution in [0.15, 0.2) is 24.3 Å². The van der Waals surface area contributed by atoms with Crippen molar-refractivity contribution in [2.24, 2.45) is 0 Å². The standard InChI is InChI=1S/C10H9NO4/c1-6(12)7-2-4-8(5-3-7)11-9(13)10(14)15/h2-5H,1H3,(H,11,13)(H,14,15). The third kappa shape index (κ3) is 2.91. The Morgan fingerprint density at radius 3 is 2.07 bits per heavy atom. The van der Waals surface area contributed by atoms with E-state index in [0.717, 1.165) is 0 Å². The van der Waals surface area contributed by atoms with E-state index >= 15 is 0 Å². The number of nitrogens with one attached hydrogen (secondary N) is 1. The number of carboxylic acid groups (broad SMARTS) is 1. The largest absolute Gasteiger partial charge is 0.474 e. The van der Waals surface area contributed by atoms with Crippen molar-refractivity contribution in [2.45, 2.75) is 6.92 Å². The van der Waals surface area contributed by atoms with Gasteiger partial charge in [-0.2, -0.15) is 0 Å². The molecule has 1 amide bonds. The Balaban J connectivity index is 2.77. The Bertz CT molecular complexity index is 408. The number of carbonyl (C=O) groups excluding carboxylic acids is 2. The summed E-state index contributed by atoms with van der Waals surface area (Å²) in [6.07, 6.45) is 0. The molecule has 0 radical (unpaired) electrons. The lowest BCUT2D eigenvalue weighted by molar-refractivity contribution is -0.147. The van der Waals surface area contributed by atoms with Crippen molar-refractivity contribution in [3.63, 3.8) is 0 Å². The number of carboxylic acids is 1. The number of anilines is 1. The van der Waals surface area contributed by atoms with Gasteiger partial charge in [0.1, 0.15) is 0 Å². The van der Waals surface area contributed by atoms with Gasteiger partial charge in [-0.15, -0.1) is 0 Å². The second kappa shape index (κ2) is 4.36. The summed E-state index contributed by atoms with van der Waals surface area (Å²) in [7, 11) is 0. The average Bonchev–Trinajstić information content (AvgIpc) is 2.18. The van der Waals surface area contributed by atoms with E-state index in [-0.39, 0.29) is 5.78 Å². The highest BCUT2D eigenvalue weighted by Crippen LogP contribution is 2.09. The minimum Gasteiger partial charge on any atom is -0.474 e. The van der Waals surface area contributed by atoms with Crippen molar-refractivity contribution >= 4 is 23.3 Å². The highest BCUT2D eigenvalue weighted by atomic mass is 16.4. The molecule has 78 valence electrons. The van der Waals surface area contributed by atoms with Crippen molar-refractivity contribution in [3.05, 3.63) is 29.8 Å². The molecule has 0 aliphatic heterocycles. The normalized spacial score (nSPS) is 9.40. The second-order valence-corrected chi connectivity index (χ2v) is 2.89. The second-order valence-electron chi connectivity index (χ2n) is 2.89. The third-order valence-corrected chi connectivity index (χ3v) is 1.74. The summed E-state index contributed by atoms with van der Waals surface area (Å²) < 4.78 is 0. The van der Waals surface area contributed by atoms with Crippen LogP contribution in [0.5, 0.6) is 0 Å². The summed E-state index contributed by atoms with van der Waals surface area (Å²) in [5, 5.41) is 10.5. The topological polar surface area (TPSA) is 83.5 Å². The van der Waals surface area contributed by atoms with E-state index in [0.29, 0.717) is 11.3 Å². The molecular formula is C10H9NO4. The molecule has 15 heavy (non-hydrogen) atoms. The number of hydrogen-bond donors (Lipinski definition) is 2. The van der Waals surface area contributed by atoms with E-state index in [9.17, 15) is 14.4 Å². The first-order valence-electron chi connectivity index (χ1n) is 4.16. The minimum atomic E-state index is -1.55. The van der Waals surface area contributed by atoms with Crippen LogP contribution in [0.3, 0.4) is 0 Å². The Morgan fingerprint density at radius 2 is 1.67 bits per heavy atom. The van der Waals surface area contributed by atoms with Crippen molar-refractivity contribution in [1.29, 1.82) is 0 Å². The molecule has 0 atom stereocenters. The lowest BCUT2D eigenvalue weighted by Gasteiger charge is -2.02. The van der Waals surface area contributed by atoms with Crippen LogP contribution in [0.1, 0.15) is 17.3 Å². The van der Waals surface area contributed by atoms with Crippen molar-refractivity contribution in [2.75, 3.05) is 5.32 Å². The molecule has 0 saturated carbocycles. The average molecular weight is 207 g/mol. The fourth-order valence-electron chi connectivity index (χ4n) is 0.973. The predicted octanol–water partition coefficient (Wildman–Crippen LogP) is 0.912. The molecule has 1 aromatic rings. The number of ketones is 1. The van der Waals surface area contributed by atoms with Gasteiger partial charge in [0.15, 0.2) is 5.78 Å². The molecule has 5 heteroatoms. The number of rotatable bonds is 2. The fraction of sp³-hybridized carbons (Fsp3) is 0.100. The molecule has 1 aromatic carbocycles. The smallest absolute Gasteiger partial charge is 0.394 e. The van der Waals surface area contributed by atoms with Crippen LogP contribution in [0.25, 0.3) is 0 Å². The van der Waals surface area contributed by atoms with Crippen LogP contribution < -0.4 is 5.32 Å². The van der Waals surface area contributed by atoms with E-state index in [1.807, 2.05) is 0 Å². The van der Waals surface area contributed by atoms with Gasteiger partial charge >= 0.3 is 11.9 Å². The first-order chi connectivity index (χ1) is 7.00. The Hall–Kier alpha value is -2.17. The van der Waals surface area contributed by atoms with Gasteiger partial charge < -0.3 is 10.4 Å². The summed E-state index contributed by atoms with van der Waals surface area (Å²) in [6, 6.07) is 5.97. The Morgan fingerprint density at radius 1 is 1.13 bits per heavy atom. The summed E-state index contributed by atoms with van der Waals surface area (Å²) in [4.78, 5) is 31.9. The van der Waals surface area contributed by atoms with E-state index in [1.165, 1.54) is 31.2 Å². The predicted molar refractivity (Wildman–Crippen MR) is 52.7 cm³/mol. The molecule has 0 aromatic heterocycles. The molecule has 2 N–H and O–H groups in total. The number of amides is 1. The van der Waals surface area contributed by atoms with Gasteiger partial charge in [0.25, 0.3) is 0 Å². The van der Waals surface area contributed by atoms with Gasteiger partial charge in [-0.3, -0.25) is 9.59 Å². The Kier molecular flexibility index (Phi) is 3.17. The van der Waals surface area contributed by atoms with Crippen LogP contribution >= 0.6 is 0 Å². The molecule has 0 fully saturated rings. The molecule has 0 bridgehead atoms. The number of Topliss-reactive ketones (excluding diaryl/α,β-unsaturated/α-hetero) is 1. The zero-order valence-electron chi connectivity index (χ0n) is 7.98. The number of carbonyl (C=O) groups is 3. The third-order valence-electron chi connectivity index (χ3n) is 1.74. The molecule has 5 nitrogen and oxygen atoms in total. The van der Waals surface area contributed by atoms with Gasteiger partial charge in [-0.25, -0.2) is 4.79 Å². The monoisotopic (exact) mass is 207 g/mol. The number of aliphatic carboxylic acids is 1. The molecule has 0 aliphatic carbocycles. The van der Waals surface area contributed by atoms with E-state index in [4.69, 9.17) is 5.11 Å². The Labute approximate surface area is 85.7 Å². The first kappa shape index (κ1) is 10.9. The van der Waals surface area contributed by atoms with Gasteiger partial charge in [-0.05, 0) is 31.2 Å². The van der Waals surface area contributed by atoms with Crippen LogP contribution in [-0.4, -0.2) is 22.8 Å². The fourth-order valence-corrected chi connectivity index (χ4v) is 0.973. The molecule has 0 spiro atoms. The van der Waals surface area contributed by atoms with Gasteiger partial charge in [0, 0.05) is 11.3 Å². The van der Waals surface area contributed by atoms with E-state index in [1.54, 1.807) is 0 Å². The number of benzene rings is 1. The molecular weight excluding hydrogens is 198 g/mol. The highest BCUT2D eigenvalue weighted by Gasteiger charge is 2.10. The SMILES string of the molecule is CC(=O)c1ccc(NC(=O)C(=O)O)cc1. The van der Waals surface area contributed by atoms with Gasteiger partial charge in [0.05, 0.1) is 0 Å². The van der Waals surface area contributed by atoms with Crippen molar-refractivity contribution in [3.8, 4) is 0 Å². The number of hydrogen-bond acceptors (Lipinski definition) is 3. The lowest BCUT2D eigenvalue weighted by atomic mass is 10.1. The maximum absolute atomic E-state index is 10.9. The zero-order chi connectivity index (χ0) is 11.4. The van der Waals surface area contributed by atoms with Gasteiger partial charge in [0.2, 0.25) is 0 Å². The van der Waals surface area contributed by atoms with Crippen LogP contribution in [-0.2, 0) is 9.59 Å². The summed E-state index contributed by atoms with van der Waals surface area (Å²) in [6.45, 7) is 1.42. The van der Waals surface area contributed by atoms with Gasteiger partial charge in [-0.1, -0.05) is 0 Å². The van der Waals surface area contributed by atoms with Crippen molar-refractivity contribution < 1.29 is 19.5 Å². The van der Waals surface area contributed by atoms with Crippen LogP contribution in [0, 0.1) is 0 Å². The molecule has 0 aliphatic rings. The molecule has 0 saturated heterocycles. The molecule has 0 unspecified atom stereocenters. The van der Waals surface area contributed by atoms with E-state index in [2.05, 4.69) is 5.32 Å². The molecule has 1 rings (SSSR count). The molecule has 0 heterocycles. The minimum absolute atomic E-state index is 0.0916. The lowest BCUT2D eigenvalue weighted by Crippen LogP contribution is -2.21. The summed E-state index contributed by atoms with van der Waals surface area (Å²) >= 11 is 0. The maximum atomic E-state index is 10.9. The zero-order valence-corrected chi connectivity index (χ0v) is 7.98. The summed E-state index contributed by atoms with van der Waals surface area (Å²) in [5.41, 5.74) is 0.843. The van der Waals surface area contributed by atoms with Crippen molar-refractivity contribution in [1.82, 2.24) is 0 Å². The summed E-state index contributed by atoms with van der Waals surface area (Å²) in [5.74, 6) is -2.75. The quantitative estimate of drug-likeness (QED) is 0.557.